The van der Waals surface area contributed by atoms with Gasteiger partial charge in [0.2, 0.25) is 0 Å². The van der Waals surface area contributed by atoms with Crippen molar-refractivity contribution in [2.45, 2.75) is 0 Å². The van der Waals surface area contributed by atoms with Gasteiger partial charge in [0.05, 0.1) is 10.0 Å². The Morgan fingerprint density at radius 1 is 1.19 bits per heavy atom. The maximum atomic E-state index is 10.9. The predicted molar refractivity (Wildman–Crippen MR) is 54.3 cm³/mol. The molecule has 16 heavy (non-hydrogen) atoms. The van der Waals surface area contributed by atoms with Gasteiger partial charge in [0, 0.05) is 0 Å². The van der Waals surface area contributed by atoms with Crippen LogP contribution in [0.15, 0.2) is 18.2 Å². The highest BCUT2D eigenvalue weighted by Crippen LogP contribution is 2.32. The Bertz CT molecular complexity index is 465. The van der Waals surface area contributed by atoms with E-state index in [2.05, 4.69) is 15.3 Å². The molecule has 1 aliphatic heterocycles. The van der Waals surface area contributed by atoms with Crippen molar-refractivity contribution in [2.75, 3.05) is 5.17 Å². The largest absolute Gasteiger partial charge is 0.444 e. The third-order valence-electron chi connectivity index (χ3n) is 1.71. The summed E-state index contributed by atoms with van der Waals surface area (Å²) in [6, 6.07) is 4.67. The number of carbonyl (C=O) groups excluding carboxylic acids is 2. The zero-order valence-corrected chi connectivity index (χ0v) is 9.08. The summed E-state index contributed by atoms with van der Waals surface area (Å²) < 4.78 is 0. The summed E-state index contributed by atoms with van der Waals surface area (Å²) >= 11 is 11.6. The second-order valence-electron chi connectivity index (χ2n) is 2.73. The molecule has 8 heteroatoms. The van der Waals surface area contributed by atoms with Gasteiger partial charge in [-0.15, -0.1) is 0 Å². The quantitative estimate of drug-likeness (QED) is 0.768. The van der Waals surface area contributed by atoms with E-state index in [1.165, 1.54) is 6.07 Å². The van der Waals surface area contributed by atoms with Gasteiger partial charge in [-0.05, 0) is 17.7 Å². The van der Waals surface area contributed by atoms with Gasteiger partial charge in [-0.25, -0.2) is 9.59 Å². The van der Waals surface area contributed by atoms with Crippen LogP contribution in [0.25, 0.3) is 0 Å². The molecule has 0 saturated carbocycles. The molecule has 6 nitrogen and oxygen atoms in total. The van der Waals surface area contributed by atoms with Crippen molar-refractivity contribution in [3.05, 3.63) is 28.2 Å². The molecule has 0 atom stereocenters. The predicted octanol–water partition coefficient (Wildman–Crippen LogP) is 1.23. The molecule has 1 heterocycles. The smallest absolute Gasteiger partial charge is 0.338 e. The molecular weight excluding hydrogens is 259 g/mol. The number of anilines is 1. The fraction of sp³-hybridized carbons (Fsp3) is 0. The summed E-state index contributed by atoms with van der Waals surface area (Å²) in [5.74, 6) is -2.30. The Balaban J connectivity index is 2.28. The second-order valence-corrected chi connectivity index (χ2v) is 3.51. The van der Waals surface area contributed by atoms with Crippen molar-refractivity contribution in [1.29, 1.82) is 0 Å². The Morgan fingerprint density at radius 3 is 2.62 bits per heavy atom. The number of carbonyl (C=O) groups is 2. The van der Waals surface area contributed by atoms with Gasteiger partial charge in [0.25, 0.3) is 0 Å². The van der Waals surface area contributed by atoms with E-state index in [1.807, 2.05) is 0 Å². The van der Waals surface area contributed by atoms with E-state index in [0.717, 1.165) is 5.17 Å². The highest BCUT2D eigenvalue weighted by Gasteiger charge is 2.30. The van der Waals surface area contributed by atoms with Crippen molar-refractivity contribution in [2.24, 2.45) is 0 Å². The van der Waals surface area contributed by atoms with Crippen LogP contribution in [0.5, 0.6) is 0 Å². The van der Waals surface area contributed by atoms with Crippen molar-refractivity contribution < 1.29 is 19.3 Å². The van der Waals surface area contributed by atoms with E-state index in [-0.39, 0.29) is 15.7 Å². The zero-order valence-electron chi connectivity index (χ0n) is 7.57. The number of nitrogens with one attached hydrogen (secondary N) is 1. The first-order valence-corrected chi connectivity index (χ1v) is 4.78. The van der Waals surface area contributed by atoms with Crippen LogP contribution in [0.2, 0.25) is 10.0 Å². The topological polar surface area (TPSA) is 67.9 Å². The summed E-state index contributed by atoms with van der Waals surface area (Å²) in [7, 11) is 0. The van der Waals surface area contributed by atoms with E-state index in [0.29, 0.717) is 0 Å². The maximum absolute atomic E-state index is 10.9. The standard InChI is InChI=1S/C8H4Cl2N2O4/c9-4-2-1-3-5(6(4)10)12-11-15-7(13)8(14)16-12/h1-3,11H. The molecule has 1 aromatic rings. The van der Waals surface area contributed by atoms with Gasteiger partial charge < -0.3 is 9.68 Å². The molecule has 1 N–H and O–H groups in total. The van der Waals surface area contributed by atoms with Crippen LogP contribution in [-0.2, 0) is 19.3 Å². The highest BCUT2D eigenvalue weighted by molar-refractivity contribution is 6.43. The van der Waals surface area contributed by atoms with E-state index in [9.17, 15) is 9.59 Å². The van der Waals surface area contributed by atoms with Gasteiger partial charge in [0.15, 0.2) is 0 Å². The first-order valence-electron chi connectivity index (χ1n) is 4.02. The molecule has 0 aromatic heterocycles. The lowest BCUT2D eigenvalue weighted by atomic mass is 10.3. The van der Waals surface area contributed by atoms with Gasteiger partial charge in [-0.3, -0.25) is 0 Å². The molecule has 1 saturated heterocycles. The Hall–Kier alpha value is -1.50. The van der Waals surface area contributed by atoms with E-state index >= 15 is 0 Å². The summed E-state index contributed by atoms with van der Waals surface area (Å²) in [6.45, 7) is 0. The minimum absolute atomic E-state index is 0.155. The molecule has 0 spiro atoms. The van der Waals surface area contributed by atoms with Crippen LogP contribution in [0.1, 0.15) is 0 Å². The average molecular weight is 263 g/mol. The Labute approximate surface area is 99.5 Å². The molecule has 0 unspecified atom stereocenters. The number of rotatable bonds is 1. The monoisotopic (exact) mass is 262 g/mol. The fourth-order valence-corrected chi connectivity index (χ4v) is 1.38. The molecular formula is C8H4Cl2N2O4. The molecule has 1 aliphatic rings. The van der Waals surface area contributed by atoms with Crippen LogP contribution in [0.4, 0.5) is 5.69 Å². The minimum Gasteiger partial charge on any atom is -0.338 e. The summed E-state index contributed by atoms with van der Waals surface area (Å²) in [5, 5.41) is 1.23. The summed E-state index contributed by atoms with van der Waals surface area (Å²) in [4.78, 5) is 30.5. The first-order chi connectivity index (χ1) is 7.59. The van der Waals surface area contributed by atoms with Gasteiger partial charge in [-0.1, -0.05) is 34.4 Å². The molecule has 0 amide bonds. The third kappa shape index (κ3) is 1.90. The molecule has 0 aliphatic carbocycles. The molecule has 0 bridgehead atoms. The third-order valence-corrected chi connectivity index (χ3v) is 2.52. The average Bonchev–Trinajstić information content (AvgIpc) is 2.26. The van der Waals surface area contributed by atoms with Gasteiger partial charge in [-0.2, -0.15) is 0 Å². The van der Waals surface area contributed by atoms with Crippen LogP contribution >= 0.6 is 23.2 Å². The van der Waals surface area contributed by atoms with Crippen molar-refractivity contribution in [3.8, 4) is 0 Å². The molecule has 1 aromatic carbocycles. The van der Waals surface area contributed by atoms with Gasteiger partial charge >= 0.3 is 11.9 Å². The normalized spacial score (nSPS) is 15.8. The van der Waals surface area contributed by atoms with Crippen LogP contribution in [-0.4, -0.2) is 11.9 Å². The second kappa shape index (κ2) is 4.17. The molecule has 84 valence electrons. The summed E-state index contributed by atoms with van der Waals surface area (Å²) in [5.41, 5.74) is 2.33. The maximum Gasteiger partial charge on any atom is 0.444 e. The number of halogens is 2. The minimum atomic E-state index is -1.16. The zero-order chi connectivity index (χ0) is 11.7. The van der Waals surface area contributed by atoms with E-state index in [4.69, 9.17) is 23.2 Å². The number of benzene rings is 1. The highest BCUT2D eigenvalue weighted by atomic mass is 35.5. The molecule has 0 radical (unpaired) electrons. The molecule has 2 rings (SSSR count). The summed E-state index contributed by atoms with van der Waals surface area (Å²) in [6.07, 6.45) is 0. The number of hydrogen-bond acceptors (Lipinski definition) is 6. The lowest BCUT2D eigenvalue weighted by molar-refractivity contribution is -0.192. The van der Waals surface area contributed by atoms with Crippen LogP contribution in [0.3, 0.4) is 0 Å². The number of hydrazine groups is 1. The number of hydrogen-bond donors (Lipinski definition) is 1. The Morgan fingerprint density at radius 2 is 1.94 bits per heavy atom. The molecule has 1 fully saturated rings. The van der Waals surface area contributed by atoms with Crippen LogP contribution < -0.4 is 10.8 Å². The van der Waals surface area contributed by atoms with Crippen LogP contribution in [0, 0.1) is 0 Å². The van der Waals surface area contributed by atoms with E-state index < -0.39 is 11.9 Å². The fourth-order valence-electron chi connectivity index (χ4n) is 1.01. The van der Waals surface area contributed by atoms with Crippen molar-refractivity contribution in [3.63, 3.8) is 0 Å². The van der Waals surface area contributed by atoms with Gasteiger partial charge in [0.1, 0.15) is 5.69 Å². The lowest BCUT2D eigenvalue weighted by Crippen LogP contribution is -2.49. The van der Waals surface area contributed by atoms with Crippen molar-refractivity contribution >= 4 is 40.8 Å². The SMILES string of the molecule is O=C1ONN(c2cccc(Cl)c2Cl)OC1=O. The number of nitrogens with zero attached hydrogens (tertiary/aromatic N) is 1. The first kappa shape index (κ1) is 11.0. The Kier molecular flexibility index (Phi) is 2.86. The lowest BCUT2D eigenvalue weighted by Gasteiger charge is -2.25. The van der Waals surface area contributed by atoms with Crippen molar-refractivity contribution in [1.82, 2.24) is 5.59 Å². The van der Waals surface area contributed by atoms with E-state index in [1.54, 1.807) is 12.1 Å².